The molecule has 1 amide bonds. The molecule has 0 aromatic heterocycles. The van der Waals surface area contributed by atoms with Crippen LogP contribution in [0.25, 0.3) is 0 Å². The van der Waals surface area contributed by atoms with Gasteiger partial charge in [0.15, 0.2) is 0 Å². The monoisotopic (exact) mass is 304 g/mol. The Morgan fingerprint density at radius 1 is 1.14 bits per heavy atom. The maximum Gasteiger partial charge on any atom is 0.407 e. The van der Waals surface area contributed by atoms with Crippen LogP contribution in [0, 0.1) is 0 Å². The predicted octanol–water partition coefficient (Wildman–Crippen LogP) is 3.61. The third-order valence-corrected chi connectivity index (χ3v) is 4.14. The van der Waals surface area contributed by atoms with Crippen molar-refractivity contribution in [1.82, 2.24) is 10.6 Å². The fourth-order valence-electron chi connectivity index (χ4n) is 2.69. The summed E-state index contributed by atoms with van der Waals surface area (Å²) in [5.41, 5.74) is 1.01. The summed E-state index contributed by atoms with van der Waals surface area (Å²) in [6, 6.07) is 10.6. The van der Waals surface area contributed by atoms with Crippen molar-refractivity contribution in [2.24, 2.45) is 0 Å². The lowest BCUT2D eigenvalue weighted by molar-refractivity contribution is 0.125. The number of amides is 1. The van der Waals surface area contributed by atoms with E-state index >= 15 is 0 Å². The van der Waals surface area contributed by atoms with E-state index in [2.05, 4.69) is 17.6 Å². The molecule has 0 radical (unpaired) electrons. The number of benzene rings is 1. The molecule has 0 bridgehead atoms. The highest BCUT2D eigenvalue weighted by Gasteiger charge is 2.29. The summed E-state index contributed by atoms with van der Waals surface area (Å²) < 4.78 is 5.22. The minimum absolute atomic E-state index is 0.261. The van der Waals surface area contributed by atoms with Crippen molar-refractivity contribution in [3.63, 3.8) is 0 Å². The van der Waals surface area contributed by atoms with Crippen molar-refractivity contribution < 1.29 is 9.53 Å². The van der Waals surface area contributed by atoms with E-state index in [0.717, 1.165) is 24.9 Å². The minimum Gasteiger partial charge on any atom is -0.445 e. The molecule has 0 atom stereocenters. The summed E-state index contributed by atoms with van der Waals surface area (Å²) in [5.74, 6) is 0. The normalized spacial score (nSPS) is 20.2. The number of hydrogen-bond donors (Lipinski definition) is 2. The van der Waals surface area contributed by atoms with Crippen LogP contribution in [0.15, 0.2) is 30.3 Å². The molecule has 1 saturated carbocycles. The van der Waals surface area contributed by atoms with Crippen molar-refractivity contribution in [3.8, 4) is 0 Å². The molecule has 2 rings (SSSR count). The zero-order valence-electron chi connectivity index (χ0n) is 13.5. The van der Waals surface area contributed by atoms with Crippen LogP contribution in [0.5, 0.6) is 0 Å². The Kier molecular flexibility index (Phi) is 7.23. The van der Waals surface area contributed by atoms with Gasteiger partial charge in [-0.25, -0.2) is 4.79 Å². The molecule has 1 aromatic carbocycles. The van der Waals surface area contributed by atoms with Gasteiger partial charge < -0.3 is 15.4 Å². The molecule has 1 aliphatic carbocycles. The molecule has 4 nitrogen and oxygen atoms in total. The third kappa shape index (κ3) is 6.06. The third-order valence-electron chi connectivity index (χ3n) is 4.14. The minimum atomic E-state index is -0.310. The van der Waals surface area contributed by atoms with Crippen molar-refractivity contribution in [1.29, 1.82) is 0 Å². The summed E-state index contributed by atoms with van der Waals surface area (Å²) in [6.45, 7) is 3.65. The maximum atomic E-state index is 11.7. The van der Waals surface area contributed by atoms with Gasteiger partial charge in [-0.05, 0) is 31.4 Å². The molecule has 0 spiro atoms. The molecule has 1 aliphatic rings. The van der Waals surface area contributed by atoms with Crippen LogP contribution in [-0.2, 0) is 11.3 Å². The number of alkyl carbamates (subject to hydrolysis) is 1. The average Bonchev–Trinajstić information content (AvgIpc) is 2.51. The number of hydrogen-bond acceptors (Lipinski definition) is 3. The molecule has 122 valence electrons. The number of carbonyl (C=O) groups is 1. The fourth-order valence-corrected chi connectivity index (χ4v) is 2.69. The Morgan fingerprint density at radius 2 is 1.91 bits per heavy atom. The second-order valence-electron chi connectivity index (χ2n) is 6.09. The van der Waals surface area contributed by atoms with Gasteiger partial charge in [0.1, 0.15) is 6.61 Å². The van der Waals surface area contributed by atoms with Gasteiger partial charge in [0, 0.05) is 12.1 Å². The Balaban J connectivity index is 1.49. The predicted molar refractivity (Wildman–Crippen MR) is 88.7 cm³/mol. The van der Waals surface area contributed by atoms with Gasteiger partial charge in [0.05, 0.1) is 0 Å². The van der Waals surface area contributed by atoms with Gasteiger partial charge in [0.25, 0.3) is 0 Å². The first-order valence-electron chi connectivity index (χ1n) is 8.48. The zero-order valence-corrected chi connectivity index (χ0v) is 13.5. The fraction of sp³-hybridized carbons (Fsp3) is 0.611. The summed E-state index contributed by atoms with van der Waals surface area (Å²) in [6.07, 6.45) is 6.87. The van der Waals surface area contributed by atoms with Crippen LogP contribution in [0.1, 0.15) is 51.0 Å². The Labute approximate surface area is 133 Å². The molecule has 0 aliphatic heterocycles. The number of nitrogens with one attached hydrogen (secondary N) is 2. The highest BCUT2D eigenvalue weighted by atomic mass is 16.5. The summed E-state index contributed by atoms with van der Waals surface area (Å²) in [4.78, 5) is 11.7. The van der Waals surface area contributed by atoms with Crippen LogP contribution < -0.4 is 10.6 Å². The highest BCUT2D eigenvalue weighted by molar-refractivity contribution is 5.67. The van der Waals surface area contributed by atoms with Crippen molar-refractivity contribution in [3.05, 3.63) is 35.9 Å². The topological polar surface area (TPSA) is 50.4 Å². The molecule has 4 heteroatoms. The Bertz CT molecular complexity index is 430. The first-order chi connectivity index (χ1) is 10.8. The first kappa shape index (κ1) is 16.8. The molecular formula is C18H28N2O2. The van der Waals surface area contributed by atoms with E-state index in [4.69, 9.17) is 4.74 Å². The quantitative estimate of drug-likeness (QED) is 0.685. The number of carbonyl (C=O) groups excluding carboxylic acids is 1. The lowest BCUT2D eigenvalue weighted by Crippen LogP contribution is -2.52. The molecule has 1 aromatic rings. The zero-order chi connectivity index (χ0) is 15.6. The van der Waals surface area contributed by atoms with E-state index in [9.17, 15) is 4.79 Å². The average molecular weight is 304 g/mol. The Hall–Kier alpha value is -1.55. The van der Waals surface area contributed by atoms with Crippen molar-refractivity contribution in [2.45, 2.75) is 64.1 Å². The van der Waals surface area contributed by atoms with Gasteiger partial charge >= 0.3 is 6.09 Å². The first-order valence-corrected chi connectivity index (χ1v) is 8.48. The van der Waals surface area contributed by atoms with Crippen LogP contribution in [-0.4, -0.2) is 24.7 Å². The Morgan fingerprint density at radius 3 is 2.64 bits per heavy atom. The smallest absolute Gasteiger partial charge is 0.407 e. The lowest BCUT2D eigenvalue weighted by atomic mass is 9.87. The van der Waals surface area contributed by atoms with Crippen LogP contribution >= 0.6 is 0 Å². The molecule has 22 heavy (non-hydrogen) atoms. The summed E-state index contributed by atoms with van der Waals surface area (Å²) in [7, 11) is 0. The van der Waals surface area contributed by atoms with Gasteiger partial charge in [0.2, 0.25) is 0 Å². The van der Waals surface area contributed by atoms with Gasteiger partial charge in [-0.3, -0.25) is 0 Å². The van der Waals surface area contributed by atoms with Gasteiger partial charge in [-0.15, -0.1) is 0 Å². The van der Waals surface area contributed by atoms with E-state index in [1.807, 2.05) is 30.3 Å². The SMILES string of the molecule is CCCCCCNC1CC(NC(=O)OCc2ccccc2)C1. The van der Waals surface area contributed by atoms with E-state index in [-0.39, 0.29) is 12.1 Å². The van der Waals surface area contributed by atoms with E-state index in [1.165, 1.54) is 25.7 Å². The number of ether oxygens (including phenoxy) is 1. The standard InChI is InChI=1S/C18H28N2O2/c1-2-3-4-8-11-19-16-12-17(13-16)20-18(21)22-14-15-9-6-5-7-10-15/h5-7,9-10,16-17,19H,2-4,8,11-14H2,1H3,(H,20,21). The second-order valence-corrected chi connectivity index (χ2v) is 6.09. The van der Waals surface area contributed by atoms with E-state index < -0.39 is 0 Å². The maximum absolute atomic E-state index is 11.7. The number of unbranched alkanes of at least 4 members (excludes halogenated alkanes) is 3. The molecular weight excluding hydrogens is 276 g/mol. The summed E-state index contributed by atoms with van der Waals surface area (Å²) >= 11 is 0. The largest absolute Gasteiger partial charge is 0.445 e. The molecule has 0 heterocycles. The highest BCUT2D eigenvalue weighted by Crippen LogP contribution is 2.20. The van der Waals surface area contributed by atoms with E-state index in [1.54, 1.807) is 0 Å². The lowest BCUT2D eigenvalue weighted by Gasteiger charge is -2.36. The van der Waals surface area contributed by atoms with E-state index in [0.29, 0.717) is 12.6 Å². The summed E-state index contributed by atoms with van der Waals surface area (Å²) in [5, 5.41) is 6.47. The van der Waals surface area contributed by atoms with Gasteiger partial charge in [-0.1, -0.05) is 56.5 Å². The van der Waals surface area contributed by atoms with Crippen LogP contribution in [0.4, 0.5) is 4.79 Å². The molecule has 2 N–H and O–H groups in total. The molecule has 0 saturated heterocycles. The second kappa shape index (κ2) is 9.46. The number of rotatable bonds is 9. The van der Waals surface area contributed by atoms with Crippen molar-refractivity contribution in [2.75, 3.05) is 6.54 Å². The van der Waals surface area contributed by atoms with Crippen LogP contribution in [0.2, 0.25) is 0 Å². The van der Waals surface area contributed by atoms with Crippen LogP contribution in [0.3, 0.4) is 0 Å². The van der Waals surface area contributed by atoms with Crippen molar-refractivity contribution >= 4 is 6.09 Å². The van der Waals surface area contributed by atoms with Gasteiger partial charge in [-0.2, -0.15) is 0 Å². The molecule has 1 fully saturated rings. The molecule has 0 unspecified atom stereocenters.